The number of nitrogens with zero attached hydrogens (tertiary/aromatic N) is 2. The molecule has 6 rings (SSSR count). The average Bonchev–Trinajstić information content (AvgIpc) is 4.23. The number of aliphatic hydroxyl groups is 2. The molecule has 9 N–H and O–H groups in total. The molecule has 4 fully saturated rings. The number of ketones is 1. The van der Waals surface area contributed by atoms with Gasteiger partial charge in [-0.1, -0.05) is 74.5 Å². The summed E-state index contributed by atoms with van der Waals surface area (Å²) in [6, 6.07) is 10.8. The van der Waals surface area contributed by atoms with E-state index in [1.807, 2.05) is 26.0 Å². The lowest BCUT2D eigenvalue weighted by Crippen LogP contribution is -2.59. The second-order valence-electron chi connectivity index (χ2n) is 21.6. The van der Waals surface area contributed by atoms with Crippen molar-refractivity contribution in [2.75, 3.05) is 73.5 Å². The Labute approximate surface area is 476 Å². The summed E-state index contributed by atoms with van der Waals surface area (Å²) in [5.74, 6) is -3.97. The van der Waals surface area contributed by atoms with Gasteiger partial charge in [0.15, 0.2) is 5.78 Å². The molecule has 448 valence electrons. The summed E-state index contributed by atoms with van der Waals surface area (Å²) in [6.07, 6.45) is 7.00. The quantitative estimate of drug-likeness (QED) is 0.0458. The highest BCUT2D eigenvalue weighted by atomic mass is 16.5. The zero-order valence-corrected chi connectivity index (χ0v) is 47.7. The molecular weight excluding hydrogens is 1040 g/mol. The van der Waals surface area contributed by atoms with Gasteiger partial charge in [-0.15, -0.1) is 0 Å². The van der Waals surface area contributed by atoms with Crippen LogP contribution in [0.25, 0.3) is 0 Å². The minimum atomic E-state index is -1.03. The lowest BCUT2D eigenvalue weighted by molar-refractivity contribution is -0.144. The fourth-order valence-electron chi connectivity index (χ4n) is 11.8. The molecule has 12 atom stereocenters. The van der Waals surface area contributed by atoms with E-state index in [1.54, 1.807) is 72.4 Å². The van der Waals surface area contributed by atoms with Gasteiger partial charge >= 0.3 is 0 Å². The molecule has 22 nitrogen and oxygen atoms in total. The molecule has 0 aromatic heterocycles. The van der Waals surface area contributed by atoms with Crippen LogP contribution in [0.3, 0.4) is 0 Å². The summed E-state index contributed by atoms with van der Waals surface area (Å²) in [7, 11) is 3.34. The predicted molar refractivity (Wildman–Crippen MR) is 301 cm³/mol. The monoisotopic (exact) mass is 1130 g/mol. The van der Waals surface area contributed by atoms with Crippen LogP contribution in [0.15, 0.2) is 60.7 Å². The van der Waals surface area contributed by atoms with Crippen LogP contribution in [0.1, 0.15) is 127 Å². The van der Waals surface area contributed by atoms with E-state index in [1.165, 1.54) is 0 Å². The van der Waals surface area contributed by atoms with Crippen molar-refractivity contribution in [1.82, 2.24) is 47.0 Å². The molecule has 0 unspecified atom stereocenters. The number of fused-ring (bicyclic) bond motifs is 2. The number of Topliss-reactive ketones (excluding diaryl/α,β-unsaturated/α-hetero) is 1. The Hall–Kier alpha value is -5.88. The molecule has 0 radical (unpaired) electrons. The van der Waals surface area contributed by atoms with Crippen molar-refractivity contribution in [3.8, 4) is 0 Å². The average molecular weight is 1130 g/mol. The van der Waals surface area contributed by atoms with Gasteiger partial charge in [0.1, 0.15) is 36.3 Å². The van der Waals surface area contributed by atoms with Crippen LogP contribution in [0.4, 0.5) is 0 Å². The summed E-state index contributed by atoms with van der Waals surface area (Å²) in [5.41, 5.74) is 1.21. The third kappa shape index (κ3) is 17.6. The van der Waals surface area contributed by atoms with Gasteiger partial charge in [0, 0.05) is 63.3 Å². The maximum Gasteiger partial charge on any atom is 0.247 e. The van der Waals surface area contributed by atoms with Crippen LogP contribution in [0.2, 0.25) is 0 Å². The Bertz CT molecular complexity index is 2180. The van der Waals surface area contributed by atoms with E-state index in [0.717, 1.165) is 0 Å². The number of amides is 7. The van der Waals surface area contributed by atoms with Crippen molar-refractivity contribution < 1.29 is 62.8 Å². The van der Waals surface area contributed by atoms with Crippen LogP contribution in [0, 0.1) is 11.8 Å². The van der Waals surface area contributed by atoms with Crippen LogP contribution in [-0.2, 0) is 52.6 Å². The Balaban J connectivity index is 0.868. The maximum atomic E-state index is 14.2. The number of carbonyl (C=O) groups excluding carboxylic acids is 8. The van der Waals surface area contributed by atoms with E-state index < -0.39 is 89.7 Å². The Morgan fingerprint density at radius 2 is 0.963 bits per heavy atom. The number of benzene rings is 2. The number of ether oxygens (including phenoxy) is 3. The molecule has 2 aromatic rings. The molecule has 4 heterocycles. The Kier molecular flexibility index (Phi) is 26.4. The Morgan fingerprint density at radius 1 is 0.543 bits per heavy atom. The molecule has 81 heavy (non-hydrogen) atoms. The topological polar surface area (TPSA) is 295 Å². The molecule has 4 aliphatic heterocycles. The van der Waals surface area contributed by atoms with Gasteiger partial charge in [0.05, 0.1) is 38.5 Å². The number of carbonyl (C=O) groups is 8. The van der Waals surface area contributed by atoms with Crippen molar-refractivity contribution in [3.05, 3.63) is 71.8 Å². The number of unbranched alkanes of at least 4 members (excludes halogenated alkanes) is 1. The third-order valence-electron chi connectivity index (χ3n) is 16.4. The van der Waals surface area contributed by atoms with Crippen LogP contribution in [-0.4, -0.2) is 189 Å². The summed E-state index contributed by atoms with van der Waals surface area (Å²) in [5, 5.41) is 40.9. The fraction of sp³-hybridized carbons (Fsp3) is 0.661. The first kappa shape index (κ1) is 64.3. The number of nitrogens with one attached hydrogen (secondary N) is 7. The SMILES string of the molecule is CC[C@H](NC)C(=O)N[C@@H]1C(=O)N2[C@@H](CC[C@@H]1CO)CC[C@H]2C(=O)N[C@H](C(=O)CCCCOCCOCCOCCCNC(=O)[C@@H](NC(=O)[C@@H]1CC[C@@H]2CC[C@H](CO)[C@H](NC(=O)[C@H](CC)NC)C(=O)N21)c1ccccc1)c1ccccc1. The molecule has 0 spiro atoms. The lowest BCUT2D eigenvalue weighted by atomic mass is 9.93. The lowest BCUT2D eigenvalue weighted by Gasteiger charge is -2.33. The highest BCUT2D eigenvalue weighted by Crippen LogP contribution is 2.36. The number of likely N-dealkylation sites (N-methyl/N-ethyl adjacent to an activating group) is 2. The van der Waals surface area contributed by atoms with E-state index in [4.69, 9.17) is 14.2 Å². The molecule has 4 saturated heterocycles. The predicted octanol–water partition coefficient (Wildman–Crippen LogP) is 1.49. The molecule has 2 aromatic carbocycles. The minimum absolute atomic E-state index is 0.168. The smallest absolute Gasteiger partial charge is 0.247 e. The van der Waals surface area contributed by atoms with Crippen LogP contribution in [0.5, 0.6) is 0 Å². The minimum Gasteiger partial charge on any atom is -0.396 e. The summed E-state index contributed by atoms with van der Waals surface area (Å²) >= 11 is 0. The van der Waals surface area contributed by atoms with Gasteiger partial charge in [-0.2, -0.15) is 0 Å². The zero-order valence-electron chi connectivity index (χ0n) is 47.7. The number of aliphatic hydroxyl groups excluding tert-OH is 2. The number of hydrogen-bond donors (Lipinski definition) is 9. The van der Waals surface area contributed by atoms with Gasteiger partial charge < -0.3 is 71.4 Å². The van der Waals surface area contributed by atoms with Gasteiger partial charge in [-0.25, -0.2) is 0 Å². The first-order chi connectivity index (χ1) is 39.3. The molecule has 22 heteroatoms. The first-order valence-electron chi connectivity index (χ1n) is 29.4. The molecule has 4 aliphatic rings. The number of hydrogen-bond acceptors (Lipinski definition) is 15. The van der Waals surface area contributed by atoms with Gasteiger partial charge in [0.25, 0.3) is 0 Å². The second-order valence-corrected chi connectivity index (χ2v) is 21.6. The van der Waals surface area contributed by atoms with E-state index in [9.17, 15) is 48.6 Å². The number of rotatable bonds is 33. The largest absolute Gasteiger partial charge is 0.396 e. The van der Waals surface area contributed by atoms with Crippen LogP contribution < -0.4 is 37.2 Å². The maximum absolute atomic E-state index is 14.2. The summed E-state index contributed by atoms with van der Waals surface area (Å²) < 4.78 is 17.2. The fourth-order valence-corrected chi connectivity index (χ4v) is 11.8. The third-order valence-corrected chi connectivity index (χ3v) is 16.4. The molecule has 7 amide bonds. The van der Waals surface area contributed by atoms with Crippen molar-refractivity contribution in [3.63, 3.8) is 0 Å². The van der Waals surface area contributed by atoms with Crippen molar-refractivity contribution in [2.45, 2.75) is 164 Å². The molecule has 0 aliphatic carbocycles. The zero-order chi connectivity index (χ0) is 58.3. The first-order valence-corrected chi connectivity index (χ1v) is 29.4. The van der Waals surface area contributed by atoms with Crippen molar-refractivity contribution in [1.29, 1.82) is 0 Å². The van der Waals surface area contributed by atoms with Gasteiger partial charge in [-0.3, -0.25) is 38.4 Å². The van der Waals surface area contributed by atoms with E-state index in [2.05, 4.69) is 37.2 Å². The Morgan fingerprint density at radius 3 is 1.41 bits per heavy atom. The normalized spacial score (nSPS) is 24.1. The van der Waals surface area contributed by atoms with Crippen LogP contribution >= 0.6 is 0 Å². The molecular formula is C59H89N9O13. The standard InChI is InChI=1S/C59H89N9O13/c1-5-44(60-3)53(72)65-51-40(36-69)21-23-42-25-27-46(67(42)58(51)77)55(74)63-49(38-16-9-7-10-17-38)48(71)20-13-14-30-79-32-34-81-35-33-80-31-15-29-62-57(76)50(39-18-11-8-12-19-39)64-56(75)47-28-26-43-24-22-41(37-70)52(59(78)68(43)47)66-54(73)45(6-2)61-4/h7-12,16-19,40-47,49-52,60-61,69-70H,5-6,13-15,20-37H2,1-4H3,(H,62,76)(H,63,74)(H,64,75)(H,65,72)(H,66,73)/t40-,41-,42+,43+,44+,45+,46+,47+,49+,50+,51+,52+/m1/s1. The molecule has 0 bridgehead atoms. The second kappa shape index (κ2) is 33.3. The van der Waals surface area contributed by atoms with E-state index in [0.29, 0.717) is 134 Å². The van der Waals surface area contributed by atoms with Crippen molar-refractivity contribution in [2.24, 2.45) is 11.8 Å². The van der Waals surface area contributed by atoms with E-state index in [-0.39, 0.29) is 55.9 Å². The van der Waals surface area contributed by atoms with Crippen molar-refractivity contribution >= 4 is 47.1 Å². The van der Waals surface area contributed by atoms with E-state index >= 15 is 0 Å². The highest BCUT2D eigenvalue weighted by molar-refractivity contribution is 5.97. The molecule has 0 saturated carbocycles. The summed E-state index contributed by atoms with van der Waals surface area (Å²) in [6.45, 7) is 5.50. The summed E-state index contributed by atoms with van der Waals surface area (Å²) in [4.78, 5) is 113. The highest BCUT2D eigenvalue weighted by Gasteiger charge is 2.50. The van der Waals surface area contributed by atoms with Gasteiger partial charge in [0.2, 0.25) is 41.4 Å². The van der Waals surface area contributed by atoms with Gasteiger partial charge in [-0.05, 0) is 109 Å².